The largest absolute Gasteiger partial charge is 0.370 e. The van der Waals surface area contributed by atoms with Gasteiger partial charge in [0.25, 0.3) is 0 Å². The minimum absolute atomic E-state index is 0.0451. The van der Waals surface area contributed by atoms with Gasteiger partial charge in [-0.2, -0.15) is 5.10 Å². The van der Waals surface area contributed by atoms with E-state index >= 15 is 0 Å². The summed E-state index contributed by atoms with van der Waals surface area (Å²) in [6, 6.07) is 2.24. The van der Waals surface area contributed by atoms with E-state index < -0.39 is 0 Å². The van der Waals surface area contributed by atoms with Crippen molar-refractivity contribution in [1.82, 2.24) is 30.5 Å². The Kier molecular flexibility index (Phi) is 3.56. The first kappa shape index (κ1) is 12.3. The molecule has 0 saturated carbocycles. The quantitative estimate of drug-likeness (QED) is 0.826. The molecule has 2 aromatic rings. The molecule has 7 nitrogen and oxygen atoms in total. The van der Waals surface area contributed by atoms with Gasteiger partial charge in [0.15, 0.2) is 0 Å². The molecule has 102 valence electrons. The molecule has 1 aliphatic rings. The Morgan fingerprint density at radius 3 is 3.26 bits per heavy atom. The van der Waals surface area contributed by atoms with Crippen LogP contribution in [0.2, 0.25) is 0 Å². The lowest BCUT2D eigenvalue weighted by atomic mass is 10.1. The highest BCUT2D eigenvalue weighted by Gasteiger charge is 2.30. The van der Waals surface area contributed by atoms with Gasteiger partial charge < -0.3 is 10.1 Å². The Hall–Kier alpha value is -1.73. The lowest BCUT2D eigenvalue weighted by Crippen LogP contribution is -2.31. The number of aromatic amines is 1. The summed E-state index contributed by atoms with van der Waals surface area (Å²) in [4.78, 5) is 0. The molecule has 3 rings (SSSR count). The molecule has 0 spiro atoms. The van der Waals surface area contributed by atoms with E-state index in [0.717, 1.165) is 31.0 Å². The fraction of sp³-hybridized carbons (Fsp3) is 0.583. The van der Waals surface area contributed by atoms with Crippen LogP contribution in [-0.2, 0) is 17.8 Å². The summed E-state index contributed by atoms with van der Waals surface area (Å²) in [5, 5.41) is 18.6. The van der Waals surface area contributed by atoms with Crippen LogP contribution in [0.15, 0.2) is 18.5 Å². The van der Waals surface area contributed by atoms with Crippen molar-refractivity contribution in [3.05, 3.63) is 29.8 Å². The van der Waals surface area contributed by atoms with Gasteiger partial charge in [0.05, 0.1) is 11.4 Å². The van der Waals surface area contributed by atoms with E-state index in [2.05, 4.69) is 25.8 Å². The summed E-state index contributed by atoms with van der Waals surface area (Å²) in [5.74, 6) is 0. The van der Waals surface area contributed by atoms with E-state index in [9.17, 15) is 0 Å². The molecule has 2 atom stereocenters. The highest BCUT2D eigenvalue weighted by molar-refractivity contribution is 5.08. The summed E-state index contributed by atoms with van der Waals surface area (Å²) in [7, 11) is 0. The summed E-state index contributed by atoms with van der Waals surface area (Å²) in [6.45, 7) is 4.36. The predicted molar refractivity (Wildman–Crippen MR) is 68.2 cm³/mol. The van der Waals surface area contributed by atoms with Gasteiger partial charge >= 0.3 is 0 Å². The van der Waals surface area contributed by atoms with Crippen LogP contribution in [0.3, 0.4) is 0 Å². The molecule has 19 heavy (non-hydrogen) atoms. The second kappa shape index (κ2) is 5.50. The van der Waals surface area contributed by atoms with E-state index in [4.69, 9.17) is 4.74 Å². The number of hydrogen-bond acceptors (Lipinski definition) is 5. The molecule has 0 bridgehead atoms. The van der Waals surface area contributed by atoms with Crippen LogP contribution < -0.4 is 5.32 Å². The summed E-state index contributed by atoms with van der Waals surface area (Å²) in [5.41, 5.74) is 1.98. The van der Waals surface area contributed by atoms with Crippen molar-refractivity contribution in [1.29, 1.82) is 0 Å². The molecule has 0 aliphatic carbocycles. The maximum Gasteiger partial charge on any atom is 0.114 e. The monoisotopic (exact) mass is 262 g/mol. The van der Waals surface area contributed by atoms with Crippen LogP contribution >= 0.6 is 0 Å². The molecule has 0 unspecified atom stereocenters. The van der Waals surface area contributed by atoms with Crippen molar-refractivity contribution in [2.75, 3.05) is 6.61 Å². The molecule has 1 fully saturated rings. The molecule has 2 aromatic heterocycles. The third-order valence-corrected chi connectivity index (χ3v) is 3.38. The number of nitrogens with zero attached hydrogens (tertiary/aromatic N) is 4. The Morgan fingerprint density at radius 1 is 1.58 bits per heavy atom. The Balaban J connectivity index is 1.60. The van der Waals surface area contributed by atoms with Gasteiger partial charge in [0.1, 0.15) is 6.10 Å². The molecular weight excluding hydrogens is 244 g/mol. The average molecular weight is 262 g/mol. The second-order valence-corrected chi connectivity index (χ2v) is 4.65. The SMILES string of the molecule is CCn1cc(CN[C@@H]2CCO[C@H]2c2ccn[nH]2)nn1. The number of aryl methyl sites for hydroxylation is 1. The molecular formula is C12H18N6O. The Bertz CT molecular complexity index is 508. The molecule has 0 radical (unpaired) electrons. The molecule has 7 heteroatoms. The van der Waals surface area contributed by atoms with E-state index in [0.29, 0.717) is 6.54 Å². The van der Waals surface area contributed by atoms with Crippen LogP contribution in [0.5, 0.6) is 0 Å². The highest BCUT2D eigenvalue weighted by atomic mass is 16.5. The normalized spacial score (nSPS) is 23.0. The van der Waals surface area contributed by atoms with Gasteiger partial charge in [-0.3, -0.25) is 9.78 Å². The minimum atomic E-state index is 0.0451. The third-order valence-electron chi connectivity index (χ3n) is 3.38. The van der Waals surface area contributed by atoms with Crippen LogP contribution in [0.1, 0.15) is 30.8 Å². The van der Waals surface area contributed by atoms with Crippen molar-refractivity contribution >= 4 is 0 Å². The van der Waals surface area contributed by atoms with Crippen molar-refractivity contribution in [2.45, 2.75) is 38.6 Å². The highest BCUT2D eigenvalue weighted by Crippen LogP contribution is 2.27. The summed E-state index contributed by atoms with van der Waals surface area (Å²) < 4.78 is 7.58. The van der Waals surface area contributed by atoms with Crippen molar-refractivity contribution < 1.29 is 4.74 Å². The summed E-state index contributed by atoms with van der Waals surface area (Å²) >= 11 is 0. The molecule has 2 N–H and O–H groups in total. The van der Waals surface area contributed by atoms with Gasteiger partial charge in [-0.05, 0) is 19.4 Å². The van der Waals surface area contributed by atoms with Crippen LogP contribution in [0.4, 0.5) is 0 Å². The van der Waals surface area contributed by atoms with E-state index in [-0.39, 0.29) is 12.1 Å². The molecule has 3 heterocycles. The zero-order chi connectivity index (χ0) is 13.1. The van der Waals surface area contributed by atoms with Crippen LogP contribution in [0.25, 0.3) is 0 Å². The zero-order valence-electron chi connectivity index (χ0n) is 10.9. The van der Waals surface area contributed by atoms with Gasteiger partial charge in [0, 0.05) is 38.1 Å². The molecule has 0 aromatic carbocycles. The van der Waals surface area contributed by atoms with E-state index in [1.807, 2.05) is 23.9 Å². The maximum atomic E-state index is 5.75. The first-order valence-corrected chi connectivity index (χ1v) is 6.60. The topological polar surface area (TPSA) is 80.6 Å². The van der Waals surface area contributed by atoms with Crippen LogP contribution in [-0.4, -0.2) is 37.8 Å². The first-order valence-electron chi connectivity index (χ1n) is 6.60. The second-order valence-electron chi connectivity index (χ2n) is 4.65. The van der Waals surface area contributed by atoms with Crippen molar-refractivity contribution in [3.63, 3.8) is 0 Å². The van der Waals surface area contributed by atoms with Gasteiger partial charge in [-0.25, -0.2) is 0 Å². The Morgan fingerprint density at radius 2 is 2.53 bits per heavy atom. The Labute approximate surface area is 111 Å². The maximum absolute atomic E-state index is 5.75. The lowest BCUT2D eigenvalue weighted by molar-refractivity contribution is 0.0950. The van der Waals surface area contributed by atoms with Crippen molar-refractivity contribution in [3.8, 4) is 0 Å². The molecule has 1 aliphatic heterocycles. The predicted octanol–water partition coefficient (Wildman–Crippen LogP) is 0.641. The van der Waals surface area contributed by atoms with Gasteiger partial charge in [-0.15, -0.1) is 5.10 Å². The average Bonchev–Trinajstić information content (AvgIpc) is 3.16. The number of rotatable bonds is 5. The zero-order valence-corrected chi connectivity index (χ0v) is 10.9. The fourth-order valence-corrected chi connectivity index (χ4v) is 2.34. The standard InChI is InChI=1S/C12H18N6O/c1-2-18-8-9(15-17-18)7-13-10-4-6-19-12(10)11-3-5-14-16-11/h3,5,8,10,12-13H,2,4,6-7H2,1H3,(H,14,16)/t10-,12-/m1/s1. The van der Waals surface area contributed by atoms with Gasteiger partial charge in [-0.1, -0.05) is 5.21 Å². The molecule has 1 saturated heterocycles. The third kappa shape index (κ3) is 2.66. The number of H-pyrrole nitrogens is 1. The minimum Gasteiger partial charge on any atom is -0.370 e. The van der Waals surface area contributed by atoms with Crippen molar-refractivity contribution in [2.24, 2.45) is 0 Å². The fourth-order valence-electron chi connectivity index (χ4n) is 2.34. The number of ether oxygens (including phenoxy) is 1. The smallest absolute Gasteiger partial charge is 0.114 e. The first-order chi connectivity index (χ1) is 9.36. The molecule has 0 amide bonds. The number of aromatic nitrogens is 5. The number of hydrogen-bond donors (Lipinski definition) is 2. The summed E-state index contributed by atoms with van der Waals surface area (Å²) in [6.07, 6.45) is 4.75. The number of nitrogens with one attached hydrogen (secondary N) is 2. The van der Waals surface area contributed by atoms with E-state index in [1.165, 1.54) is 0 Å². The van der Waals surface area contributed by atoms with Crippen LogP contribution in [0, 0.1) is 0 Å². The van der Waals surface area contributed by atoms with E-state index in [1.54, 1.807) is 6.20 Å². The lowest BCUT2D eigenvalue weighted by Gasteiger charge is -2.17. The van der Waals surface area contributed by atoms with Gasteiger partial charge in [0.2, 0.25) is 0 Å².